The lowest BCUT2D eigenvalue weighted by atomic mass is 10.1. The zero-order valence-corrected chi connectivity index (χ0v) is 11.6. The molecule has 0 atom stereocenters. The van der Waals surface area contributed by atoms with Crippen LogP contribution in [0.15, 0.2) is 18.2 Å². The van der Waals surface area contributed by atoms with Gasteiger partial charge in [-0.25, -0.2) is 0 Å². The third-order valence-corrected chi connectivity index (χ3v) is 2.38. The first kappa shape index (κ1) is 14.9. The summed E-state index contributed by atoms with van der Waals surface area (Å²) in [5.41, 5.74) is 0.863. The van der Waals surface area contributed by atoms with Gasteiger partial charge in [0.1, 0.15) is 6.61 Å². The molecule has 0 bridgehead atoms. The third-order valence-electron chi connectivity index (χ3n) is 2.38. The van der Waals surface area contributed by atoms with E-state index in [1.807, 2.05) is 18.2 Å². The number of benzene rings is 1. The predicted molar refractivity (Wildman–Crippen MR) is 71.8 cm³/mol. The molecule has 0 aliphatic heterocycles. The summed E-state index contributed by atoms with van der Waals surface area (Å²) < 4.78 is 20.5. The number of hydrogen-bond acceptors (Lipinski definition) is 5. The van der Waals surface area contributed by atoms with E-state index in [1.54, 1.807) is 27.4 Å². The summed E-state index contributed by atoms with van der Waals surface area (Å²) in [6, 6.07) is 3.62. The quantitative estimate of drug-likeness (QED) is 0.739. The minimum absolute atomic E-state index is 0.228. The van der Waals surface area contributed by atoms with E-state index in [9.17, 15) is 4.79 Å². The Kier molecular flexibility index (Phi) is 5.73. The van der Waals surface area contributed by atoms with E-state index in [2.05, 4.69) is 0 Å². The average molecular weight is 266 g/mol. The molecule has 1 aromatic rings. The molecule has 5 nitrogen and oxygen atoms in total. The second-order valence-corrected chi connectivity index (χ2v) is 3.66. The van der Waals surface area contributed by atoms with Gasteiger partial charge in [0.2, 0.25) is 5.75 Å². The molecular weight excluding hydrogens is 248 g/mol. The van der Waals surface area contributed by atoms with Crippen LogP contribution in [0.4, 0.5) is 0 Å². The summed E-state index contributed by atoms with van der Waals surface area (Å²) in [4.78, 5) is 10.6. The number of methoxy groups -OCH3 is 3. The van der Waals surface area contributed by atoms with E-state index in [-0.39, 0.29) is 12.6 Å². The van der Waals surface area contributed by atoms with Gasteiger partial charge in [-0.05, 0) is 23.8 Å². The highest BCUT2D eigenvalue weighted by Crippen LogP contribution is 2.38. The highest BCUT2D eigenvalue weighted by molar-refractivity contribution is 5.66. The summed E-state index contributed by atoms with van der Waals surface area (Å²) in [5.74, 6) is 1.39. The van der Waals surface area contributed by atoms with Crippen LogP contribution in [-0.2, 0) is 9.53 Å². The van der Waals surface area contributed by atoms with E-state index >= 15 is 0 Å². The van der Waals surface area contributed by atoms with Crippen molar-refractivity contribution in [1.29, 1.82) is 0 Å². The van der Waals surface area contributed by atoms with Gasteiger partial charge in [0.15, 0.2) is 11.5 Å². The summed E-state index contributed by atoms with van der Waals surface area (Å²) in [5, 5.41) is 0. The zero-order chi connectivity index (χ0) is 14.3. The lowest BCUT2D eigenvalue weighted by molar-refractivity contribution is -0.139. The Morgan fingerprint density at radius 1 is 1.11 bits per heavy atom. The minimum Gasteiger partial charge on any atom is -0.493 e. The van der Waals surface area contributed by atoms with Crippen molar-refractivity contribution in [3.8, 4) is 17.2 Å². The molecule has 104 valence electrons. The van der Waals surface area contributed by atoms with Gasteiger partial charge in [0.05, 0.1) is 21.3 Å². The molecule has 1 aromatic carbocycles. The van der Waals surface area contributed by atoms with Crippen molar-refractivity contribution >= 4 is 12.0 Å². The molecule has 0 fully saturated rings. The molecule has 0 saturated heterocycles. The normalized spacial score (nSPS) is 10.3. The smallest absolute Gasteiger partial charge is 0.302 e. The third kappa shape index (κ3) is 4.21. The van der Waals surface area contributed by atoms with Gasteiger partial charge in [-0.1, -0.05) is 6.08 Å². The van der Waals surface area contributed by atoms with Crippen LogP contribution >= 0.6 is 0 Å². The molecule has 0 aromatic heterocycles. The largest absolute Gasteiger partial charge is 0.493 e. The number of ether oxygens (including phenoxy) is 4. The molecular formula is C14H18O5. The van der Waals surface area contributed by atoms with Crippen LogP contribution in [0, 0.1) is 0 Å². The van der Waals surface area contributed by atoms with Gasteiger partial charge in [-0.3, -0.25) is 4.79 Å². The van der Waals surface area contributed by atoms with Crippen LogP contribution < -0.4 is 14.2 Å². The van der Waals surface area contributed by atoms with Crippen LogP contribution in [0.2, 0.25) is 0 Å². The molecule has 0 heterocycles. The van der Waals surface area contributed by atoms with E-state index < -0.39 is 0 Å². The number of carbonyl (C=O) groups excluding carboxylic acids is 1. The Bertz CT molecular complexity index is 440. The maximum atomic E-state index is 10.6. The molecule has 1 rings (SSSR count). The van der Waals surface area contributed by atoms with Crippen LogP contribution in [0.3, 0.4) is 0 Å². The molecule has 5 heteroatoms. The van der Waals surface area contributed by atoms with E-state index in [0.29, 0.717) is 17.2 Å². The Morgan fingerprint density at radius 3 is 2.11 bits per heavy atom. The van der Waals surface area contributed by atoms with Crippen molar-refractivity contribution < 1.29 is 23.7 Å². The summed E-state index contributed by atoms with van der Waals surface area (Å²) in [6.07, 6.45) is 3.55. The van der Waals surface area contributed by atoms with Crippen LogP contribution in [0.5, 0.6) is 17.2 Å². The molecule has 0 aliphatic carbocycles. The van der Waals surface area contributed by atoms with E-state index in [1.165, 1.54) is 6.92 Å². The fraction of sp³-hybridized carbons (Fsp3) is 0.357. The van der Waals surface area contributed by atoms with Crippen molar-refractivity contribution in [3.05, 3.63) is 23.8 Å². The van der Waals surface area contributed by atoms with Gasteiger partial charge in [0, 0.05) is 6.92 Å². The van der Waals surface area contributed by atoms with Crippen molar-refractivity contribution in [2.45, 2.75) is 6.92 Å². The van der Waals surface area contributed by atoms with Crippen LogP contribution in [-0.4, -0.2) is 33.9 Å². The van der Waals surface area contributed by atoms with Crippen molar-refractivity contribution in [1.82, 2.24) is 0 Å². The van der Waals surface area contributed by atoms with Crippen molar-refractivity contribution in [3.63, 3.8) is 0 Å². The van der Waals surface area contributed by atoms with Crippen molar-refractivity contribution in [2.24, 2.45) is 0 Å². The monoisotopic (exact) mass is 266 g/mol. The SMILES string of the molecule is COc1cc(C=CCOC(C)=O)cc(OC)c1OC. The minimum atomic E-state index is -0.311. The lowest BCUT2D eigenvalue weighted by Crippen LogP contribution is -1.97. The Labute approximate surface area is 112 Å². The number of esters is 1. The molecule has 19 heavy (non-hydrogen) atoms. The molecule has 0 N–H and O–H groups in total. The number of hydrogen-bond donors (Lipinski definition) is 0. The predicted octanol–water partition coefficient (Wildman–Crippen LogP) is 2.29. The highest BCUT2D eigenvalue weighted by atomic mass is 16.5. The standard InChI is InChI=1S/C14H18O5/c1-10(15)19-7-5-6-11-8-12(16-2)14(18-4)13(9-11)17-3/h5-6,8-9H,7H2,1-4H3. The van der Waals surface area contributed by atoms with E-state index in [0.717, 1.165) is 5.56 Å². The summed E-state index contributed by atoms with van der Waals surface area (Å²) in [6.45, 7) is 1.60. The summed E-state index contributed by atoms with van der Waals surface area (Å²) in [7, 11) is 4.67. The molecule has 0 amide bonds. The van der Waals surface area contributed by atoms with E-state index in [4.69, 9.17) is 18.9 Å². The lowest BCUT2D eigenvalue weighted by Gasteiger charge is -2.12. The summed E-state index contributed by atoms with van der Waals surface area (Å²) >= 11 is 0. The maximum absolute atomic E-state index is 10.6. The molecule has 0 aliphatic rings. The number of rotatable bonds is 6. The Hall–Kier alpha value is -2.17. The highest BCUT2D eigenvalue weighted by Gasteiger charge is 2.11. The zero-order valence-electron chi connectivity index (χ0n) is 11.6. The first-order chi connectivity index (χ1) is 9.12. The Balaban J connectivity index is 2.93. The number of carbonyl (C=O) groups is 1. The van der Waals surface area contributed by atoms with Crippen molar-refractivity contribution in [2.75, 3.05) is 27.9 Å². The Morgan fingerprint density at radius 2 is 1.68 bits per heavy atom. The first-order valence-electron chi connectivity index (χ1n) is 5.72. The van der Waals surface area contributed by atoms with Crippen LogP contribution in [0.1, 0.15) is 12.5 Å². The van der Waals surface area contributed by atoms with Gasteiger partial charge in [-0.15, -0.1) is 0 Å². The molecule has 0 spiro atoms. The van der Waals surface area contributed by atoms with Gasteiger partial charge >= 0.3 is 5.97 Å². The maximum Gasteiger partial charge on any atom is 0.302 e. The second-order valence-electron chi connectivity index (χ2n) is 3.66. The first-order valence-corrected chi connectivity index (χ1v) is 5.72. The molecule has 0 saturated carbocycles. The van der Waals surface area contributed by atoms with Gasteiger partial charge in [-0.2, -0.15) is 0 Å². The van der Waals surface area contributed by atoms with Gasteiger partial charge in [0.25, 0.3) is 0 Å². The molecule has 0 unspecified atom stereocenters. The molecule has 0 radical (unpaired) electrons. The van der Waals surface area contributed by atoms with Crippen LogP contribution in [0.25, 0.3) is 6.08 Å². The fourth-order valence-corrected chi connectivity index (χ4v) is 1.55. The second kappa shape index (κ2) is 7.31. The topological polar surface area (TPSA) is 54.0 Å². The average Bonchev–Trinajstić information content (AvgIpc) is 2.42. The fourth-order valence-electron chi connectivity index (χ4n) is 1.55. The van der Waals surface area contributed by atoms with Gasteiger partial charge < -0.3 is 18.9 Å².